The molecule has 1 rings (SSSR count). The van der Waals surface area contributed by atoms with Crippen molar-refractivity contribution in [1.29, 1.82) is 0 Å². The highest BCUT2D eigenvalue weighted by atomic mass is 35.5. The minimum absolute atomic E-state index is 0.132. The minimum Gasteiger partial charge on any atom is -0.482 e. The van der Waals surface area contributed by atoms with Crippen LogP contribution < -0.4 is 4.74 Å². The number of nitrogens with zero attached hydrogens (tertiary/aromatic N) is 1. The summed E-state index contributed by atoms with van der Waals surface area (Å²) in [5, 5.41) is 0.149. The molecule has 0 fully saturated rings. The van der Waals surface area contributed by atoms with Crippen LogP contribution in [0.4, 0.5) is 4.39 Å². The van der Waals surface area contributed by atoms with E-state index in [2.05, 4.69) is 6.58 Å². The first-order valence-electron chi connectivity index (χ1n) is 5.94. The van der Waals surface area contributed by atoms with Gasteiger partial charge in [-0.2, -0.15) is 0 Å². The van der Waals surface area contributed by atoms with Crippen molar-refractivity contribution in [2.45, 2.75) is 13.8 Å². The van der Waals surface area contributed by atoms with Crippen molar-refractivity contribution in [2.24, 2.45) is 0 Å². The van der Waals surface area contributed by atoms with E-state index in [0.717, 1.165) is 11.6 Å². The van der Waals surface area contributed by atoms with Gasteiger partial charge in [-0.25, -0.2) is 4.39 Å². The topological polar surface area (TPSA) is 29.5 Å². The van der Waals surface area contributed by atoms with Crippen LogP contribution >= 0.6 is 11.6 Å². The zero-order valence-corrected chi connectivity index (χ0v) is 11.8. The standard InChI is InChI=1S/C14H17ClFNO2/c1-4-17(8-10(2)3)14(18)9-19-13-6-5-11(16)7-12(13)15/h5-7H,2,4,8-9H2,1,3H3. The predicted octanol–water partition coefficient (Wildman–Crippen LogP) is 3.28. The molecule has 0 saturated heterocycles. The summed E-state index contributed by atoms with van der Waals surface area (Å²) in [7, 11) is 0. The molecular weight excluding hydrogens is 269 g/mol. The number of likely N-dealkylation sites (N-methyl/N-ethyl adjacent to an activating group) is 1. The van der Waals surface area contributed by atoms with Gasteiger partial charge < -0.3 is 9.64 Å². The van der Waals surface area contributed by atoms with E-state index in [4.69, 9.17) is 16.3 Å². The summed E-state index contributed by atoms with van der Waals surface area (Å²) in [5.74, 6) is -0.310. The highest BCUT2D eigenvalue weighted by Gasteiger charge is 2.13. The molecule has 0 aliphatic rings. The van der Waals surface area contributed by atoms with Gasteiger partial charge in [-0.3, -0.25) is 4.79 Å². The molecule has 0 aliphatic heterocycles. The van der Waals surface area contributed by atoms with Crippen LogP contribution in [0.15, 0.2) is 30.4 Å². The fourth-order valence-electron chi connectivity index (χ4n) is 1.53. The van der Waals surface area contributed by atoms with Crippen LogP contribution in [0, 0.1) is 5.82 Å². The largest absolute Gasteiger partial charge is 0.482 e. The molecule has 0 aromatic heterocycles. The molecule has 1 amide bonds. The highest BCUT2D eigenvalue weighted by molar-refractivity contribution is 6.32. The number of hydrogen-bond acceptors (Lipinski definition) is 2. The zero-order valence-electron chi connectivity index (χ0n) is 11.1. The molecule has 1 aromatic carbocycles. The zero-order chi connectivity index (χ0) is 14.4. The molecule has 0 atom stereocenters. The summed E-state index contributed by atoms with van der Waals surface area (Å²) in [5.41, 5.74) is 0.898. The monoisotopic (exact) mass is 285 g/mol. The van der Waals surface area contributed by atoms with Crippen LogP contribution in [0.3, 0.4) is 0 Å². The second-order valence-corrected chi connectivity index (χ2v) is 4.64. The van der Waals surface area contributed by atoms with E-state index in [1.165, 1.54) is 12.1 Å². The minimum atomic E-state index is -0.443. The van der Waals surface area contributed by atoms with Gasteiger partial charge in [0.05, 0.1) is 5.02 Å². The molecule has 19 heavy (non-hydrogen) atoms. The summed E-state index contributed by atoms with van der Waals surface area (Å²) in [6.07, 6.45) is 0. The fraction of sp³-hybridized carbons (Fsp3) is 0.357. The molecule has 5 heteroatoms. The molecule has 0 bridgehead atoms. The maximum atomic E-state index is 12.8. The highest BCUT2D eigenvalue weighted by Crippen LogP contribution is 2.24. The second kappa shape index (κ2) is 7.14. The predicted molar refractivity (Wildman–Crippen MR) is 74.0 cm³/mol. The van der Waals surface area contributed by atoms with Gasteiger partial charge in [-0.05, 0) is 32.0 Å². The van der Waals surface area contributed by atoms with E-state index in [1.807, 2.05) is 13.8 Å². The SMILES string of the molecule is C=C(C)CN(CC)C(=O)COc1ccc(F)cc1Cl. The number of carbonyl (C=O) groups is 1. The molecule has 0 heterocycles. The Morgan fingerprint density at radius 1 is 1.53 bits per heavy atom. The quantitative estimate of drug-likeness (QED) is 0.751. The van der Waals surface area contributed by atoms with Gasteiger partial charge in [0, 0.05) is 13.1 Å². The van der Waals surface area contributed by atoms with Crippen molar-refractivity contribution in [3.63, 3.8) is 0 Å². The van der Waals surface area contributed by atoms with Crippen molar-refractivity contribution in [3.05, 3.63) is 41.2 Å². The molecule has 1 aromatic rings. The van der Waals surface area contributed by atoms with Gasteiger partial charge >= 0.3 is 0 Å². The van der Waals surface area contributed by atoms with Crippen LogP contribution in [0.1, 0.15) is 13.8 Å². The Balaban J connectivity index is 2.60. The number of carbonyl (C=O) groups excluding carboxylic acids is 1. The lowest BCUT2D eigenvalue weighted by Crippen LogP contribution is -2.35. The number of halogens is 2. The first-order valence-corrected chi connectivity index (χ1v) is 6.31. The Morgan fingerprint density at radius 2 is 2.21 bits per heavy atom. The van der Waals surface area contributed by atoms with E-state index >= 15 is 0 Å². The number of benzene rings is 1. The van der Waals surface area contributed by atoms with Gasteiger partial charge in [0.1, 0.15) is 11.6 Å². The number of hydrogen-bond donors (Lipinski definition) is 0. The molecule has 0 radical (unpaired) electrons. The molecule has 0 saturated carbocycles. The van der Waals surface area contributed by atoms with Crippen molar-refractivity contribution in [1.82, 2.24) is 4.90 Å². The van der Waals surface area contributed by atoms with Gasteiger partial charge in [0.2, 0.25) is 0 Å². The van der Waals surface area contributed by atoms with Gasteiger partial charge in [-0.1, -0.05) is 23.8 Å². The Kier molecular flexibility index (Phi) is 5.83. The third kappa shape index (κ3) is 4.91. The van der Waals surface area contributed by atoms with Gasteiger partial charge in [-0.15, -0.1) is 0 Å². The lowest BCUT2D eigenvalue weighted by Gasteiger charge is -2.21. The third-order valence-electron chi connectivity index (χ3n) is 2.44. The Labute approximate surface area is 117 Å². The van der Waals surface area contributed by atoms with Crippen molar-refractivity contribution in [3.8, 4) is 5.75 Å². The Bertz CT molecular complexity index is 477. The molecule has 0 unspecified atom stereocenters. The average molecular weight is 286 g/mol. The Morgan fingerprint density at radius 3 is 2.74 bits per heavy atom. The second-order valence-electron chi connectivity index (χ2n) is 4.23. The van der Waals surface area contributed by atoms with Crippen LogP contribution in [0.2, 0.25) is 5.02 Å². The third-order valence-corrected chi connectivity index (χ3v) is 2.74. The summed E-state index contributed by atoms with van der Waals surface area (Å²) in [4.78, 5) is 13.5. The van der Waals surface area contributed by atoms with Gasteiger partial charge in [0.15, 0.2) is 6.61 Å². The lowest BCUT2D eigenvalue weighted by atomic mass is 10.3. The van der Waals surface area contributed by atoms with E-state index in [0.29, 0.717) is 18.8 Å². The molecule has 0 aliphatic carbocycles. The number of ether oxygens (including phenoxy) is 1. The van der Waals surface area contributed by atoms with Crippen LogP contribution in [0.25, 0.3) is 0 Å². The van der Waals surface area contributed by atoms with Crippen molar-refractivity contribution < 1.29 is 13.9 Å². The first-order chi connectivity index (χ1) is 8.93. The maximum Gasteiger partial charge on any atom is 0.260 e. The average Bonchev–Trinajstić information content (AvgIpc) is 2.34. The van der Waals surface area contributed by atoms with E-state index in [9.17, 15) is 9.18 Å². The van der Waals surface area contributed by atoms with Gasteiger partial charge in [0.25, 0.3) is 5.91 Å². The Hall–Kier alpha value is -1.55. The summed E-state index contributed by atoms with van der Waals surface area (Å²) < 4.78 is 18.1. The first kappa shape index (κ1) is 15.5. The van der Waals surface area contributed by atoms with Crippen molar-refractivity contribution in [2.75, 3.05) is 19.7 Å². The molecular formula is C14H17ClFNO2. The lowest BCUT2D eigenvalue weighted by molar-refractivity contribution is -0.132. The van der Waals surface area contributed by atoms with E-state index in [1.54, 1.807) is 4.90 Å². The van der Waals surface area contributed by atoms with Crippen molar-refractivity contribution >= 4 is 17.5 Å². The molecule has 104 valence electrons. The summed E-state index contributed by atoms with van der Waals surface area (Å²) >= 11 is 5.81. The van der Waals surface area contributed by atoms with Crippen LogP contribution in [-0.2, 0) is 4.79 Å². The van der Waals surface area contributed by atoms with E-state index < -0.39 is 5.82 Å². The van der Waals surface area contributed by atoms with Crippen LogP contribution in [0.5, 0.6) is 5.75 Å². The maximum absolute atomic E-state index is 12.8. The summed E-state index contributed by atoms with van der Waals surface area (Å²) in [6.45, 7) is 8.44. The smallest absolute Gasteiger partial charge is 0.260 e. The fourth-order valence-corrected chi connectivity index (χ4v) is 1.75. The summed E-state index contributed by atoms with van der Waals surface area (Å²) in [6, 6.07) is 3.78. The normalized spacial score (nSPS) is 10.1. The van der Waals surface area contributed by atoms with E-state index in [-0.39, 0.29) is 17.5 Å². The van der Waals surface area contributed by atoms with Crippen LogP contribution in [-0.4, -0.2) is 30.5 Å². The number of amides is 1. The molecule has 3 nitrogen and oxygen atoms in total. The molecule has 0 spiro atoms. The number of rotatable bonds is 6. The molecule has 0 N–H and O–H groups in total.